The highest BCUT2D eigenvalue weighted by atomic mass is 16.5. The molecule has 0 amide bonds. The maximum absolute atomic E-state index is 13.6. The van der Waals surface area contributed by atoms with Crippen molar-refractivity contribution in [3.8, 4) is 0 Å². The molecule has 6 rings (SSSR count). The van der Waals surface area contributed by atoms with Gasteiger partial charge in [-0.15, -0.1) is 0 Å². The molecular weight excluding hydrogens is 813 g/mol. The second-order valence-electron chi connectivity index (χ2n) is 19.4. The number of aromatic amines is 2. The third kappa shape index (κ3) is 10.9. The Hall–Kier alpha value is -5.22. The van der Waals surface area contributed by atoms with Crippen LogP contribution in [0.25, 0.3) is 44.7 Å². The van der Waals surface area contributed by atoms with Crippen molar-refractivity contribution in [2.24, 2.45) is 17.8 Å². The normalized spacial score (nSPS) is 17.6. The van der Waals surface area contributed by atoms with Gasteiger partial charge < -0.3 is 29.7 Å². The van der Waals surface area contributed by atoms with Crippen molar-refractivity contribution < 1.29 is 29.3 Å². The number of hydrogen-bond acceptors (Lipinski definition) is 8. The molecule has 0 aromatic carbocycles. The van der Waals surface area contributed by atoms with E-state index in [1.165, 1.54) is 57.6 Å². The number of carbonyl (C=O) groups is 2. The Labute approximate surface area is 387 Å². The molecule has 0 fully saturated rings. The molecule has 0 spiro atoms. The first-order chi connectivity index (χ1) is 31.1. The minimum atomic E-state index is -0.666. The Morgan fingerprint density at radius 3 is 2.18 bits per heavy atom. The summed E-state index contributed by atoms with van der Waals surface area (Å²) in [5.74, 6) is 0.786. The van der Waals surface area contributed by atoms with Crippen LogP contribution in [0.5, 0.6) is 0 Å². The molecule has 0 saturated carbocycles. The second-order valence-corrected chi connectivity index (χ2v) is 19.4. The van der Waals surface area contributed by atoms with Crippen molar-refractivity contribution in [3.63, 3.8) is 0 Å². The number of aryl methyl sites for hydroxylation is 1. The lowest BCUT2D eigenvalue weighted by Gasteiger charge is -2.18. The van der Waals surface area contributed by atoms with Crippen LogP contribution in [0.15, 0.2) is 42.5 Å². The quantitative estimate of drug-likeness (QED) is 0.0715. The molecule has 1 aliphatic carbocycles. The molecule has 4 aliphatic rings. The third-order valence-corrected chi connectivity index (χ3v) is 14.2. The Kier molecular flexibility index (Phi) is 16.5. The molecule has 4 unspecified atom stereocenters. The van der Waals surface area contributed by atoms with E-state index in [9.17, 15) is 19.8 Å². The van der Waals surface area contributed by atoms with Crippen LogP contribution < -0.4 is 0 Å². The maximum atomic E-state index is 13.6. The van der Waals surface area contributed by atoms with Crippen LogP contribution in [0.2, 0.25) is 0 Å². The topological polar surface area (TPSA) is 150 Å². The van der Waals surface area contributed by atoms with Crippen molar-refractivity contribution in [2.75, 3.05) is 20.3 Å². The lowest BCUT2D eigenvalue weighted by Crippen LogP contribution is -2.12. The van der Waals surface area contributed by atoms with E-state index in [1.807, 2.05) is 45.0 Å². The number of nitrogens with zero attached hydrogens (tertiary/aromatic N) is 2. The summed E-state index contributed by atoms with van der Waals surface area (Å²) in [4.78, 5) is 44.4. The summed E-state index contributed by atoms with van der Waals surface area (Å²) >= 11 is 0. The van der Waals surface area contributed by atoms with Gasteiger partial charge in [0.2, 0.25) is 0 Å². The van der Waals surface area contributed by atoms with Gasteiger partial charge in [-0.2, -0.15) is 0 Å². The molecule has 4 N–H and O–H groups in total. The molecule has 0 saturated heterocycles. The van der Waals surface area contributed by atoms with Gasteiger partial charge in [0.25, 0.3) is 0 Å². The molecule has 10 heteroatoms. The van der Waals surface area contributed by atoms with E-state index in [0.29, 0.717) is 63.7 Å². The first-order valence-electron chi connectivity index (χ1n) is 24.2. The predicted molar refractivity (Wildman–Crippen MR) is 265 cm³/mol. The highest BCUT2D eigenvalue weighted by Gasteiger charge is 2.39. The molecule has 2 aromatic heterocycles. The van der Waals surface area contributed by atoms with E-state index < -0.39 is 5.97 Å². The average Bonchev–Trinajstić information content (AvgIpc) is 4.02. The van der Waals surface area contributed by atoms with Gasteiger partial charge in [-0.3, -0.25) is 4.79 Å². The van der Waals surface area contributed by atoms with Gasteiger partial charge in [0.15, 0.2) is 0 Å². The minimum absolute atomic E-state index is 0.0594. The highest BCUT2D eigenvalue weighted by molar-refractivity contribution is 6.30. The fourth-order valence-corrected chi connectivity index (χ4v) is 10.2. The minimum Gasteiger partial charge on any atom is -0.506 e. The number of aliphatic hydroxyl groups is 2. The first kappa shape index (κ1) is 49.2. The van der Waals surface area contributed by atoms with E-state index in [1.54, 1.807) is 6.08 Å². The molecule has 10 nitrogen and oxygen atoms in total. The van der Waals surface area contributed by atoms with Crippen molar-refractivity contribution in [1.29, 1.82) is 0 Å². The average molecular weight is 887 g/mol. The van der Waals surface area contributed by atoms with Gasteiger partial charge in [0, 0.05) is 57.4 Å². The molecule has 2 aromatic rings. The molecule has 4 atom stereocenters. The standard InChI is InChI=1S/C55H74N4O6/c1-12-38-35(8)42-27-43-36(9)40(23-24-48(61)65-26-25-34(7)22-16-21-33(6)20-15-19-32(5)18-14-17-31(3)4)52(58-43)50-51(55(63)64-11)54(62)49-37(10)44(59-53(49)50)28-46-39(13-2)41(30-60)47(57-46)29-45(38)56-42/h12,25,27-29,31-33,36,40,58-60,62H,1,13-24,26,30H2,2-11H3. The molecule has 5 heterocycles. The predicted octanol–water partition coefficient (Wildman–Crippen LogP) is 13.3. The summed E-state index contributed by atoms with van der Waals surface area (Å²) in [7, 11) is 1.31. The van der Waals surface area contributed by atoms with E-state index in [-0.39, 0.29) is 48.8 Å². The Morgan fingerprint density at radius 2 is 1.54 bits per heavy atom. The van der Waals surface area contributed by atoms with Crippen LogP contribution in [-0.2, 0) is 19.1 Å². The van der Waals surface area contributed by atoms with Crippen LogP contribution in [-0.4, -0.2) is 62.4 Å². The largest absolute Gasteiger partial charge is 0.506 e. The van der Waals surface area contributed by atoms with Gasteiger partial charge in [-0.05, 0) is 105 Å². The zero-order chi connectivity index (χ0) is 47.1. The number of esters is 2. The summed E-state index contributed by atoms with van der Waals surface area (Å²) in [6, 6.07) is 5.87. The first-order valence-corrected chi connectivity index (χ1v) is 24.2. The lowest BCUT2D eigenvalue weighted by atomic mass is 9.85. The zero-order valence-electron chi connectivity index (χ0n) is 40.8. The van der Waals surface area contributed by atoms with Gasteiger partial charge in [-0.1, -0.05) is 105 Å². The summed E-state index contributed by atoms with van der Waals surface area (Å²) in [6.07, 6.45) is 16.3. The van der Waals surface area contributed by atoms with Gasteiger partial charge in [-0.25, -0.2) is 14.8 Å². The smallest absolute Gasteiger partial charge is 0.342 e. The van der Waals surface area contributed by atoms with Crippen molar-refractivity contribution >= 4 is 56.6 Å². The van der Waals surface area contributed by atoms with Crippen LogP contribution in [0.4, 0.5) is 0 Å². The number of allylic oxidation sites excluding steroid dienone is 5. The SMILES string of the molecule is C=CC1=C(C)c2cc3[nH]c(c4c5[nH]c(cc6nc(cc1n2)C(CO)=C6CC)c(C)c5C(O)=C4C(=O)OC)C(CCC(=O)OCC=C(C)CCCC(C)CCCC(C)CCCC(C)C)C3C. The highest BCUT2D eigenvalue weighted by Crippen LogP contribution is 2.49. The van der Waals surface area contributed by atoms with Crippen LogP contribution in [0.3, 0.4) is 0 Å². The lowest BCUT2D eigenvalue weighted by molar-refractivity contribution is -0.142. The number of methoxy groups -OCH3 is 1. The van der Waals surface area contributed by atoms with Gasteiger partial charge in [0.1, 0.15) is 17.9 Å². The summed E-state index contributed by atoms with van der Waals surface area (Å²) in [5, 5.41) is 22.5. The Bertz CT molecular complexity index is 2470. The number of H-pyrrole nitrogens is 2. The summed E-state index contributed by atoms with van der Waals surface area (Å²) in [6.45, 7) is 23.7. The number of aromatic nitrogens is 4. The number of aliphatic hydroxyl groups excluding tert-OH is 2. The van der Waals surface area contributed by atoms with Crippen molar-refractivity contribution in [1.82, 2.24) is 19.9 Å². The number of nitrogens with one attached hydrogen (secondary N) is 2. The number of rotatable bonds is 21. The van der Waals surface area contributed by atoms with Crippen LogP contribution in [0, 0.1) is 24.7 Å². The second kappa shape index (κ2) is 21.8. The Morgan fingerprint density at radius 1 is 0.877 bits per heavy atom. The van der Waals surface area contributed by atoms with Gasteiger partial charge >= 0.3 is 11.9 Å². The Balaban J connectivity index is 1.25. The molecule has 350 valence electrons. The van der Waals surface area contributed by atoms with E-state index in [2.05, 4.69) is 58.1 Å². The fourth-order valence-electron chi connectivity index (χ4n) is 10.2. The summed E-state index contributed by atoms with van der Waals surface area (Å²) < 4.78 is 11.1. The van der Waals surface area contributed by atoms with Crippen molar-refractivity contribution in [3.05, 3.63) is 93.4 Å². The van der Waals surface area contributed by atoms with E-state index in [4.69, 9.17) is 19.4 Å². The summed E-state index contributed by atoms with van der Waals surface area (Å²) in [5.41, 5.74) is 12.1. The molecular formula is C55H74N4O6. The van der Waals surface area contributed by atoms with Crippen LogP contribution >= 0.6 is 0 Å². The van der Waals surface area contributed by atoms with Crippen molar-refractivity contribution in [2.45, 2.75) is 151 Å². The monoisotopic (exact) mass is 887 g/mol. The number of hydrogen-bond donors (Lipinski definition) is 4. The van der Waals surface area contributed by atoms with E-state index in [0.717, 1.165) is 63.9 Å². The zero-order valence-corrected chi connectivity index (χ0v) is 40.8. The number of carbonyl (C=O) groups excluding carboxylic acids is 2. The maximum Gasteiger partial charge on any atom is 0.342 e. The molecule has 3 aliphatic heterocycles. The third-order valence-electron chi connectivity index (χ3n) is 14.2. The number of ether oxygens (including phenoxy) is 2. The van der Waals surface area contributed by atoms with Crippen LogP contribution in [0.1, 0.15) is 195 Å². The molecule has 65 heavy (non-hydrogen) atoms. The molecule has 8 bridgehead atoms. The number of fused-ring (bicyclic) bond motifs is 8. The molecule has 0 radical (unpaired) electrons. The van der Waals surface area contributed by atoms with E-state index >= 15 is 0 Å². The van der Waals surface area contributed by atoms with Gasteiger partial charge in [0.05, 0.1) is 42.0 Å². The fraction of sp³-hybridized carbons (Fsp3) is 0.527.